The lowest BCUT2D eigenvalue weighted by Gasteiger charge is -2.08. The Hall–Kier alpha value is -2.91. The summed E-state index contributed by atoms with van der Waals surface area (Å²) in [7, 11) is 1.26. The Bertz CT molecular complexity index is 1010. The number of hydrogen-bond donors (Lipinski definition) is 1. The monoisotopic (exact) mass is 417 g/mol. The zero-order valence-corrected chi connectivity index (χ0v) is 16.6. The zero-order chi connectivity index (χ0) is 20.1. The molecule has 0 saturated carbocycles. The molecule has 10 heteroatoms. The SMILES string of the molecule is COC(=O)c1cc(NC(=O)CSc2nnnn2-c2ccc(C)cc2)ccc1Cl. The third kappa shape index (κ3) is 4.68. The minimum absolute atomic E-state index is 0.0857. The van der Waals surface area contributed by atoms with Gasteiger partial charge in [-0.05, 0) is 47.7 Å². The normalized spacial score (nSPS) is 10.5. The van der Waals surface area contributed by atoms with Gasteiger partial charge in [0.2, 0.25) is 11.1 Å². The standard InChI is InChI=1S/C18H16ClN5O3S/c1-11-3-6-13(7-4-11)24-18(21-22-23-24)28-10-16(25)20-12-5-8-15(19)14(9-12)17(26)27-2/h3-9H,10H2,1-2H3,(H,20,25). The van der Waals surface area contributed by atoms with Crippen LogP contribution in [0.15, 0.2) is 47.6 Å². The Labute approximate surface area is 170 Å². The number of rotatable bonds is 6. The number of nitrogens with zero attached hydrogens (tertiary/aromatic N) is 4. The van der Waals surface area contributed by atoms with Crippen molar-refractivity contribution in [2.45, 2.75) is 12.1 Å². The zero-order valence-electron chi connectivity index (χ0n) is 15.0. The van der Waals surface area contributed by atoms with Crippen LogP contribution in [0.2, 0.25) is 5.02 Å². The lowest BCUT2D eigenvalue weighted by atomic mass is 10.2. The van der Waals surface area contributed by atoms with Crippen LogP contribution >= 0.6 is 23.4 Å². The molecule has 0 aliphatic carbocycles. The van der Waals surface area contributed by atoms with Crippen molar-refractivity contribution in [3.05, 3.63) is 58.6 Å². The van der Waals surface area contributed by atoms with Crippen LogP contribution in [-0.4, -0.2) is 44.9 Å². The molecular formula is C18H16ClN5O3S. The molecule has 0 aliphatic heterocycles. The van der Waals surface area contributed by atoms with Gasteiger partial charge in [0.1, 0.15) is 0 Å². The number of benzene rings is 2. The summed E-state index contributed by atoms with van der Waals surface area (Å²) in [4.78, 5) is 24.0. The number of ether oxygens (including phenoxy) is 1. The van der Waals surface area contributed by atoms with E-state index in [1.807, 2.05) is 31.2 Å². The molecule has 1 amide bonds. The van der Waals surface area contributed by atoms with E-state index < -0.39 is 5.97 Å². The molecule has 28 heavy (non-hydrogen) atoms. The first kappa shape index (κ1) is 19.8. The van der Waals surface area contributed by atoms with Crippen molar-refractivity contribution in [3.8, 4) is 5.69 Å². The number of aryl methyl sites for hydroxylation is 1. The fraction of sp³-hybridized carbons (Fsp3) is 0.167. The number of tetrazole rings is 1. The van der Waals surface area contributed by atoms with Crippen LogP contribution in [0, 0.1) is 6.92 Å². The molecule has 8 nitrogen and oxygen atoms in total. The largest absolute Gasteiger partial charge is 0.465 e. The lowest BCUT2D eigenvalue weighted by molar-refractivity contribution is -0.113. The molecule has 0 radical (unpaired) electrons. The highest BCUT2D eigenvalue weighted by atomic mass is 35.5. The fourth-order valence-electron chi connectivity index (χ4n) is 2.31. The van der Waals surface area contributed by atoms with Gasteiger partial charge in [0.15, 0.2) is 0 Å². The van der Waals surface area contributed by atoms with E-state index in [2.05, 4.69) is 25.6 Å². The minimum atomic E-state index is -0.576. The fourth-order valence-corrected chi connectivity index (χ4v) is 3.20. The summed E-state index contributed by atoms with van der Waals surface area (Å²) in [5, 5.41) is 15.1. The van der Waals surface area contributed by atoms with Gasteiger partial charge in [-0.3, -0.25) is 4.79 Å². The Kier molecular flexibility index (Phi) is 6.27. The van der Waals surface area contributed by atoms with E-state index in [0.29, 0.717) is 10.8 Å². The molecular weight excluding hydrogens is 402 g/mol. The minimum Gasteiger partial charge on any atom is -0.465 e. The summed E-state index contributed by atoms with van der Waals surface area (Å²) in [5.41, 5.74) is 2.55. The van der Waals surface area contributed by atoms with Crippen molar-refractivity contribution >= 4 is 40.9 Å². The molecule has 1 N–H and O–H groups in total. The molecule has 3 aromatic rings. The van der Waals surface area contributed by atoms with Crippen LogP contribution in [0.25, 0.3) is 5.69 Å². The van der Waals surface area contributed by atoms with Crippen LogP contribution in [0.3, 0.4) is 0 Å². The maximum Gasteiger partial charge on any atom is 0.339 e. The maximum absolute atomic E-state index is 12.3. The van der Waals surface area contributed by atoms with Crippen LogP contribution < -0.4 is 5.32 Å². The summed E-state index contributed by atoms with van der Waals surface area (Å²) in [6.07, 6.45) is 0. The number of methoxy groups -OCH3 is 1. The van der Waals surface area contributed by atoms with Gasteiger partial charge in [0.25, 0.3) is 0 Å². The van der Waals surface area contributed by atoms with E-state index in [1.165, 1.54) is 31.0 Å². The van der Waals surface area contributed by atoms with Gasteiger partial charge >= 0.3 is 5.97 Å². The lowest BCUT2D eigenvalue weighted by Crippen LogP contribution is -2.15. The molecule has 3 rings (SSSR count). The second kappa shape index (κ2) is 8.85. The topological polar surface area (TPSA) is 99.0 Å². The predicted molar refractivity (Wildman–Crippen MR) is 106 cm³/mol. The number of anilines is 1. The third-order valence-corrected chi connectivity index (χ3v) is 4.96. The highest BCUT2D eigenvalue weighted by molar-refractivity contribution is 7.99. The molecule has 0 bridgehead atoms. The number of halogens is 1. The van der Waals surface area contributed by atoms with Gasteiger partial charge in [0, 0.05) is 5.69 Å². The first-order chi connectivity index (χ1) is 13.5. The summed E-state index contributed by atoms with van der Waals surface area (Å²) < 4.78 is 6.24. The average Bonchev–Trinajstić information content (AvgIpc) is 3.16. The Balaban J connectivity index is 1.65. The molecule has 1 aromatic heterocycles. The number of nitrogens with one attached hydrogen (secondary N) is 1. The van der Waals surface area contributed by atoms with E-state index in [4.69, 9.17) is 11.6 Å². The highest BCUT2D eigenvalue weighted by Gasteiger charge is 2.14. The van der Waals surface area contributed by atoms with Gasteiger partial charge in [0.05, 0.1) is 29.1 Å². The molecule has 2 aromatic carbocycles. The molecule has 0 spiro atoms. The van der Waals surface area contributed by atoms with Crippen LogP contribution in [0.4, 0.5) is 5.69 Å². The number of carbonyl (C=O) groups is 2. The number of esters is 1. The number of aromatic nitrogens is 4. The summed E-state index contributed by atoms with van der Waals surface area (Å²) in [5.74, 6) is -0.767. The number of thioether (sulfide) groups is 1. The third-order valence-electron chi connectivity index (χ3n) is 3.71. The Morgan fingerprint density at radius 2 is 1.96 bits per heavy atom. The van der Waals surface area contributed by atoms with Crippen LogP contribution in [0.1, 0.15) is 15.9 Å². The van der Waals surface area contributed by atoms with E-state index >= 15 is 0 Å². The Morgan fingerprint density at radius 1 is 1.21 bits per heavy atom. The van der Waals surface area contributed by atoms with Crippen molar-refractivity contribution in [3.63, 3.8) is 0 Å². The Morgan fingerprint density at radius 3 is 2.68 bits per heavy atom. The average molecular weight is 418 g/mol. The van der Waals surface area contributed by atoms with Gasteiger partial charge in [-0.25, -0.2) is 4.79 Å². The summed E-state index contributed by atoms with van der Waals surface area (Å²) in [6.45, 7) is 1.99. The van der Waals surface area contributed by atoms with Crippen molar-refractivity contribution in [2.24, 2.45) is 0 Å². The molecule has 0 saturated heterocycles. The number of carbonyl (C=O) groups excluding carboxylic acids is 2. The molecule has 1 heterocycles. The molecule has 0 atom stereocenters. The van der Waals surface area contributed by atoms with Crippen molar-refractivity contribution in [2.75, 3.05) is 18.2 Å². The smallest absolute Gasteiger partial charge is 0.339 e. The maximum atomic E-state index is 12.3. The van der Waals surface area contributed by atoms with Gasteiger partial charge in [-0.15, -0.1) is 5.10 Å². The van der Waals surface area contributed by atoms with Crippen molar-refractivity contribution < 1.29 is 14.3 Å². The number of amides is 1. The van der Waals surface area contributed by atoms with E-state index in [-0.39, 0.29) is 22.2 Å². The van der Waals surface area contributed by atoms with E-state index in [1.54, 1.807) is 10.7 Å². The van der Waals surface area contributed by atoms with Gasteiger partial charge in [-0.2, -0.15) is 4.68 Å². The second-order valence-corrected chi connectivity index (χ2v) is 7.08. The predicted octanol–water partition coefficient (Wildman–Crippen LogP) is 3.14. The highest BCUT2D eigenvalue weighted by Crippen LogP contribution is 2.22. The van der Waals surface area contributed by atoms with Crippen LogP contribution in [-0.2, 0) is 9.53 Å². The molecule has 144 valence electrons. The summed E-state index contributed by atoms with van der Waals surface area (Å²) in [6, 6.07) is 12.3. The van der Waals surface area contributed by atoms with Gasteiger partial charge < -0.3 is 10.1 Å². The first-order valence-electron chi connectivity index (χ1n) is 8.14. The van der Waals surface area contributed by atoms with Gasteiger partial charge in [-0.1, -0.05) is 41.1 Å². The van der Waals surface area contributed by atoms with Crippen molar-refractivity contribution in [1.82, 2.24) is 20.2 Å². The van der Waals surface area contributed by atoms with Crippen LogP contribution in [0.5, 0.6) is 0 Å². The second-order valence-electron chi connectivity index (χ2n) is 5.73. The quantitative estimate of drug-likeness (QED) is 0.485. The van der Waals surface area contributed by atoms with E-state index in [0.717, 1.165) is 11.3 Å². The number of hydrogen-bond acceptors (Lipinski definition) is 7. The van der Waals surface area contributed by atoms with E-state index in [9.17, 15) is 9.59 Å². The molecule has 0 aliphatic rings. The summed E-state index contributed by atoms with van der Waals surface area (Å²) >= 11 is 7.17. The first-order valence-corrected chi connectivity index (χ1v) is 9.50. The van der Waals surface area contributed by atoms with Crippen molar-refractivity contribution in [1.29, 1.82) is 0 Å². The molecule has 0 fully saturated rings. The molecule has 0 unspecified atom stereocenters.